The van der Waals surface area contributed by atoms with Gasteiger partial charge in [0.2, 0.25) is 0 Å². The van der Waals surface area contributed by atoms with Crippen molar-refractivity contribution in [3.8, 4) is 89.0 Å². The van der Waals surface area contributed by atoms with Gasteiger partial charge in [0.25, 0.3) is 0 Å². The Morgan fingerprint density at radius 3 is 0.716 bits per heavy atom. The van der Waals surface area contributed by atoms with Gasteiger partial charge >= 0.3 is 0 Å². The molecule has 0 aromatic heterocycles. The van der Waals surface area contributed by atoms with E-state index in [4.69, 9.17) is 0 Å². The molecule has 8 aliphatic carbocycles. The molecule has 0 saturated carbocycles. The topological polar surface area (TPSA) is 0 Å². The second kappa shape index (κ2) is 25.5. The summed E-state index contributed by atoms with van der Waals surface area (Å²) in [5.74, 6) is 0. The van der Waals surface area contributed by atoms with Crippen LogP contribution in [-0.4, -0.2) is 0 Å². The summed E-state index contributed by atoms with van der Waals surface area (Å²) in [6.45, 7) is 27.8. The average molecular weight is 1490 g/mol. The highest BCUT2D eigenvalue weighted by Crippen LogP contribution is 2.69. The minimum atomic E-state index is -0.233. The normalized spacial score (nSPS) is 15.0. The second-order valence-electron chi connectivity index (χ2n) is 37.5. The lowest BCUT2D eigenvalue weighted by atomic mass is 9.66. The zero-order valence-electron chi connectivity index (χ0n) is 68.6. The van der Waals surface area contributed by atoms with Crippen LogP contribution < -0.4 is 0 Å². The molecule has 4 spiro atoms. The van der Waals surface area contributed by atoms with Gasteiger partial charge in [-0.3, -0.25) is 0 Å². The fraction of sp³-hybridized carbons (Fsp3) is 0.172. The molecule has 0 aliphatic heterocycles. The van der Waals surface area contributed by atoms with Crippen molar-refractivity contribution in [1.29, 1.82) is 0 Å². The van der Waals surface area contributed by atoms with Crippen LogP contribution in [0.15, 0.2) is 364 Å². The Morgan fingerprint density at radius 1 is 0.147 bits per heavy atom. The Kier molecular flexibility index (Phi) is 15.7. The van der Waals surface area contributed by atoms with Crippen LogP contribution in [0.25, 0.3) is 89.0 Å². The number of rotatable bonds is 0. The minimum Gasteiger partial charge on any atom is -0.0619 e. The molecule has 0 radical (unpaired) electrons. The molecule has 0 heteroatoms. The van der Waals surface area contributed by atoms with E-state index in [2.05, 4.69) is 447 Å². The molecular weight excluding hydrogens is 1390 g/mol. The van der Waals surface area contributed by atoms with Crippen molar-refractivity contribution in [2.45, 2.75) is 126 Å². The molecular formula is C116H96. The third-order valence-electron chi connectivity index (χ3n) is 27.4. The van der Waals surface area contributed by atoms with Gasteiger partial charge in [0.1, 0.15) is 0 Å². The standard InChI is InChI=1S/4C29H24/c1-28(2,3)26-18-10-14-22-21-13-6-9-17-25(21)29(27(22)26)23-15-7-4-11-19(23)20-12-5-8-16-24(20)29;1-28(2,3)25-17-10-18-26-27(25)21-13-6-9-16-24(21)29(26)22-14-7-4-11-19(22)20-12-5-8-15-23(20)29;1-28(2,3)19-16-17-27-23(18-19)22-12-6-9-15-26(22)29(27)24-13-7-4-10-20(24)21-11-5-8-14-25(21)29;1-28(2,3)19-16-17-23-22-12-6-9-15-26(22)29(27(23)18-19)24-13-7-4-10-20(24)21-11-5-8-14-25(21)29/h4*4-18H,1-3H3. The zero-order valence-corrected chi connectivity index (χ0v) is 68.6. The molecule has 24 rings (SSSR count). The summed E-state index contributed by atoms with van der Waals surface area (Å²) in [5, 5.41) is 0. The molecule has 0 heterocycles. The maximum atomic E-state index is 2.48. The molecule has 8 aliphatic rings. The van der Waals surface area contributed by atoms with E-state index in [1.54, 1.807) is 0 Å². The number of hydrogen-bond acceptors (Lipinski definition) is 0. The van der Waals surface area contributed by atoms with Crippen molar-refractivity contribution in [2.75, 3.05) is 0 Å². The van der Waals surface area contributed by atoms with Crippen molar-refractivity contribution in [3.05, 3.63) is 475 Å². The van der Waals surface area contributed by atoms with Crippen molar-refractivity contribution in [3.63, 3.8) is 0 Å². The highest BCUT2D eigenvalue weighted by atomic mass is 14.6. The molecule has 0 saturated heterocycles. The Bertz CT molecular complexity index is 6440. The van der Waals surface area contributed by atoms with E-state index < -0.39 is 0 Å². The number of benzene rings is 16. The van der Waals surface area contributed by atoms with Gasteiger partial charge in [0.05, 0.1) is 21.7 Å². The molecule has 0 atom stereocenters. The summed E-state index contributed by atoms with van der Waals surface area (Å²) in [6, 6.07) is 136. The molecule has 16 aromatic rings. The van der Waals surface area contributed by atoms with Crippen LogP contribution in [0.5, 0.6) is 0 Å². The lowest BCUT2D eigenvalue weighted by Gasteiger charge is -2.35. The van der Waals surface area contributed by atoms with Crippen LogP contribution in [0.1, 0.15) is 194 Å². The summed E-state index contributed by atoms with van der Waals surface area (Å²) in [4.78, 5) is 0. The molecule has 0 nitrogen and oxygen atoms in total. The Labute approximate surface area is 686 Å². The predicted molar refractivity (Wildman–Crippen MR) is 486 cm³/mol. The van der Waals surface area contributed by atoms with Crippen LogP contribution in [0.3, 0.4) is 0 Å². The highest BCUT2D eigenvalue weighted by molar-refractivity contribution is 6.01. The lowest BCUT2D eigenvalue weighted by Crippen LogP contribution is -2.29. The van der Waals surface area contributed by atoms with E-state index >= 15 is 0 Å². The maximum absolute atomic E-state index is 2.48. The molecule has 0 unspecified atom stereocenters. The van der Waals surface area contributed by atoms with Crippen LogP contribution in [0, 0.1) is 0 Å². The fourth-order valence-electron chi connectivity index (χ4n) is 22.7. The molecule has 116 heavy (non-hydrogen) atoms. The first-order valence-corrected chi connectivity index (χ1v) is 41.9. The van der Waals surface area contributed by atoms with E-state index in [1.807, 2.05) is 0 Å². The molecule has 0 N–H and O–H groups in total. The third-order valence-corrected chi connectivity index (χ3v) is 27.4. The van der Waals surface area contributed by atoms with E-state index in [0.717, 1.165) is 0 Å². The Hall–Kier alpha value is -12.5. The first kappa shape index (κ1) is 71.3. The quantitative estimate of drug-likeness (QED) is 0.142. The monoisotopic (exact) mass is 1490 g/mol. The van der Waals surface area contributed by atoms with Crippen molar-refractivity contribution >= 4 is 0 Å². The molecule has 0 amide bonds. The lowest BCUT2D eigenvalue weighted by molar-refractivity contribution is 0.574. The highest BCUT2D eigenvalue weighted by Gasteiger charge is 2.57. The van der Waals surface area contributed by atoms with Crippen molar-refractivity contribution in [2.24, 2.45) is 0 Å². The molecule has 560 valence electrons. The minimum absolute atomic E-state index is 0.0624. The van der Waals surface area contributed by atoms with Crippen LogP contribution in [0.4, 0.5) is 0 Å². The largest absolute Gasteiger partial charge is 0.0728 e. The van der Waals surface area contributed by atoms with Gasteiger partial charge < -0.3 is 0 Å². The zero-order chi connectivity index (χ0) is 79.2. The van der Waals surface area contributed by atoms with Gasteiger partial charge in [-0.05, 0) is 222 Å². The van der Waals surface area contributed by atoms with Crippen LogP contribution in [0.2, 0.25) is 0 Å². The van der Waals surface area contributed by atoms with Gasteiger partial charge in [-0.25, -0.2) is 0 Å². The summed E-state index contributed by atoms with van der Waals surface area (Å²) >= 11 is 0. The summed E-state index contributed by atoms with van der Waals surface area (Å²) in [5.41, 5.74) is 50.0. The van der Waals surface area contributed by atoms with E-state index in [-0.39, 0.29) is 43.3 Å². The van der Waals surface area contributed by atoms with Crippen LogP contribution >= 0.6 is 0 Å². The Morgan fingerprint density at radius 2 is 0.371 bits per heavy atom. The van der Waals surface area contributed by atoms with E-state index in [0.29, 0.717) is 0 Å². The van der Waals surface area contributed by atoms with Crippen molar-refractivity contribution in [1.82, 2.24) is 0 Å². The van der Waals surface area contributed by atoms with Gasteiger partial charge in [-0.15, -0.1) is 0 Å². The van der Waals surface area contributed by atoms with E-state index in [9.17, 15) is 0 Å². The maximum Gasteiger partial charge on any atom is 0.0728 e. The first-order chi connectivity index (χ1) is 56.1. The fourth-order valence-corrected chi connectivity index (χ4v) is 22.7. The van der Waals surface area contributed by atoms with Crippen LogP contribution in [-0.2, 0) is 43.3 Å². The second-order valence-corrected chi connectivity index (χ2v) is 37.5. The third kappa shape index (κ3) is 9.68. The Balaban J connectivity index is 0.0000000966. The van der Waals surface area contributed by atoms with Gasteiger partial charge in [0, 0.05) is 0 Å². The smallest absolute Gasteiger partial charge is 0.0619 e. The van der Waals surface area contributed by atoms with Gasteiger partial charge in [0.15, 0.2) is 0 Å². The predicted octanol–water partition coefficient (Wildman–Crippen LogP) is 29.3. The number of fused-ring (bicyclic) bond motifs is 40. The number of hydrogen-bond donors (Lipinski definition) is 0. The SMILES string of the molecule is CC(C)(C)c1ccc2c(c1)-c1ccccc1C21c2ccccc2-c2ccccc21.CC(C)(C)c1ccc2c(c1)C1(c3ccccc3-c3ccccc31)c1ccccc1-2.CC(C)(C)c1cccc2c1-c1ccccc1C21c2ccccc2-c2ccccc21.CC(C)(C)c1cccc2c1C1(c3ccccc3-c3ccccc31)c1ccccc1-2. The van der Waals surface area contributed by atoms with Gasteiger partial charge in [-0.1, -0.05) is 447 Å². The average Bonchev–Trinajstić information content (AvgIpc) is 1.52. The molecule has 0 fully saturated rings. The first-order valence-electron chi connectivity index (χ1n) is 41.9. The summed E-state index contributed by atoms with van der Waals surface area (Å²) < 4.78 is 0. The van der Waals surface area contributed by atoms with Crippen molar-refractivity contribution < 1.29 is 0 Å². The summed E-state index contributed by atoms with van der Waals surface area (Å²) in [7, 11) is 0. The molecule has 0 bridgehead atoms. The summed E-state index contributed by atoms with van der Waals surface area (Å²) in [6.07, 6.45) is 0. The van der Waals surface area contributed by atoms with Gasteiger partial charge in [-0.2, -0.15) is 0 Å². The van der Waals surface area contributed by atoms with E-state index in [1.165, 1.54) is 200 Å². The molecule has 16 aromatic carbocycles.